The number of nitrogens with zero attached hydrogens (tertiary/aromatic N) is 5. The molecule has 0 spiro atoms. The molecule has 160 valence electrons. The number of aryl methyl sites for hydroxylation is 1. The molecule has 0 radical (unpaired) electrons. The molecule has 2 aromatic rings. The highest BCUT2D eigenvalue weighted by atomic mass is 32.2. The Balaban J connectivity index is 1.61. The molecular formula is C21H27N5O3S. The summed E-state index contributed by atoms with van der Waals surface area (Å²) in [6.07, 6.45) is 0.702. The number of rotatable bonds is 6. The number of thioether (sulfide) groups is 1. The molecule has 1 amide bonds. The van der Waals surface area contributed by atoms with Crippen LogP contribution in [0.2, 0.25) is 0 Å². The zero-order chi connectivity index (χ0) is 21.3. The van der Waals surface area contributed by atoms with Gasteiger partial charge in [0.2, 0.25) is 5.91 Å². The van der Waals surface area contributed by atoms with Gasteiger partial charge >= 0.3 is 0 Å². The van der Waals surface area contributed by atoms with E-state index in [0.717, 1.165) is 24.4 Å². The van der Waals surface area contributed by atoms with Crippen molar-refractivity contribution < 1.29 is 14.3 Å². The van der Waals surface area contributed by atoms with Crippen LogP contribution in [0.4, 0.5) is 0 Å². The highest BCUT2D eigenvalue weighted by Gasteiger charge is 2.43. The lowest BCUT2D eigenvalue weighted by Gasteiger charge is -2.40. The number of benzene rings is 1. The van der Waals surface area contributed by atoms with Crippen LogP contribution in [0.1, 0.15) is 43.0 Å². The highest BCUT2D eigenvalue weighted by molar-refractivity contribution is 8.00. The van der Waals surface area contributed by atoms with E-state index in [1.807, 2.05) is 43.0 Å². The van der Waals surface area contributed by atoms with Crippen molar-refractivity contribution in [3.05, 3.63) is 35.7 Å². The minimum absolute atomic E-state index is 0.0323. The van der Waals surface area contributed by atoms with Crippen LogP contribution in [-0.4, -0.2) is 74.4 Å². The Hall–Kier alpha value is -2.39. The van der Waals surface area contributed by atoms with Crippen LogP contribution in [-0.2, 0) is 11.2 Å². The lowest BCUT2D eigenvalue weighted by molar-refractivity contribution is -0.130. The average Bonchev–Trinajstić information content (AvgIpc) is 3.29. The molecule has 1 aromatic carbocycles. The summed E-state index contributed by atoms with van der Waals surface area (Å²) in [5.74, 6) is 1.57. The van der Waals surface area contributed by atoms with E-state index in [1.54, 1.807) is 6.92 Å². The highest BCUT2D eigenvalue weighted by Crippen LogP contribution is 2.41. The molecule has 0 N–H and O–H groups in total. The topological polar surface area (TPSA) is 80.6 Å². The van der Waals surface area contributed by atoms with Crippen molar-refractivity contribution in [2.75, 3.05) is 32.8 Å². The van der Waals surface area contributed by atoms with E-state index in [2.05, 4.69) is 15.0 Å². The number of ether oxygens (including phenoxy) is 1. The molecule has 1 saturated heterocycles. The lowest BCUT2D eigenvalue weighted by Crippen LogP contribution is -2.51. The number of hydrogen-bond acceptors (Lipinski definition) is 7. The first-order chi connectivity index (χ1) is 14.5. The molecule has 1 fully saturated rings. The molecule has 0 bridgehead atoms. The molecule has 8 nitrogen and oxygen atoms in total. The summed E-state index contributed by atoms with van der Waals surface area (Å²) >= 11 is 1.48. The molecule has 2 unspecified atom stereocenters. The van der Waals surface area contributed by atoms with Crippen LogP contribution >= 0.6 is 11.8 Å². The Bertz CT molecular complexity index is 921. The Morgan fingerprint density at radius 2 is 1.90 bits per heavy atom. The van der Waals surface area contributed by atoms with Crippen molar-refractivity contribution in [1.29, 1.82) is 0 Å². The first-order valence-corrected chi connectivity index (χ1v) is 11.3. The van der Waals surface area contributed by atoms with E-state index < -0.39 is 0 Å². The maximum Gasteiger partial charge on any atom is 0.264 e. The van der Waals surface area contributed by atoms with Crippen LogP contribution in [0.25, 0.3) is 0 Å². The average molecular weight is 430 g/mol. The fourth-order valence-electron chi connectivity index (χ4n) is 4.01. The number of carbonyl (C=O) groups excluding carboxylic acids is 2. The zero-order valence-corrected chi connectivity index (χ0v) is 18.4. The summed E-state index contributed by atoms with van der Waals surface area (Å²) in [6, 6.07) is 7.85. The van der Waals surface area contributed by atoms with Crippen LogP contribution < -0.4 is 4.74 Å². The molecule has 0 saturated carbocycles. The smallest absolute Gasteiger partial charge is 0.264 e. The monoisotopic (exact) mass is 429 g/mol. The zero-order valence-electron chi connectivity index (χ0n) is 17.6. The molecule has 2 aliphatic heterocycles. The predicted octanol–water partition coefficient (Wildman–Crippen LogP) is 2.26. The summed E-state index contributed by atoms with van der Waals surface area (Å²) in [6.45, 7) is 8.92. The molecule has 4 rings (SSSR count). The van der Waals surface area contributed by atoms with Gasteiger partial charge in [-0.25, -0.2) is 4.98 Å². The Labute approximate surface area is 180 Å². The maximum absolute atomic E-state index is 13.2. The molecular weight excluding hydrogens is 402 g/mol. The molecule has 0 aliphatic carbocycles. The fraction of sp³-hybridized carbons (Fsp3) is 0.524. The van der Waals surface area contributed by atoms with Crippen molar-refractivity contribution in [1.82, 2.24) is 24.6 Å². The van der Waals surface area contributed by atoms with Gasteiger partial charge in [-0.3, -0.25) is 14.5 Å². The second-order valence-electron chi connectivity index (χ2n) is 7.44. The van der Waals surface area contributed by atoms with E-state index in [1.165, 1.54) is 16.4 Å². The predicted molar refractivity (Wildman–Crippen MR) is 114 cm³/mol. The van der Waals surface area contributed by atoms with Gasteiger partial charge in [0.15, 0.2) is 11.0 Å². The van der Waals surface area contributed by atoms with Crippen LogP contribution in [0.5, 0.6) is 5.75 Å². The van der Waals surface area contributed by atoms with Gasteiger partial charge in [0.25, 0.3) is 5.91 Å². The second kappa shape index (κ2) is 8.77. The molecule has 9 heteroatoms. The third-order valence-corrected chi connectivity index (χ3v) is 6.78. The van der Waals surface area contributed by atoms with Crippen molar-refractivity contribution >= 4 is 23.6 Å². The standard InChI is InChI=1S/C21H27N5O3S/c1-4-17-22-21-26(23-17)20(28)19(30-21)18(15-6-8-16(9-7-15)29-5-2)25-12-10-24(11-13-25)14(3)27/h6-9,18-19H,4-5,10-13H2,1-3H3. The second-order valence-corrected chi connectivity index (χ2v) is 8.55. The van der Waals surface area contributed by atoms with Crippen LogP contribution in [0, 0.1) is 0 Å². The van der Waals surface area contributed by atoms with Gasteiger partial charge in [-0.1, -0.05) is 30.8 Å². The number of hydrogen-bond donors (Lipinski definition) is 0. The molecule has 3 heterocycles. The first kappa shape index (κ1) is 20.9. The minimum Gasteiger partial charge on any atom is -0.494 e. The number of carbonyl (C=O) groups is 2. The molecule has 2 atom stereocenters. The van der Waals surface area contributed by atoms with Crippen LogP contribution in [0.3, 0.4) is 0 Å². The van der Waals surface area contributed by atoms with E-state index in [9.17, 15) is 9.59 Å². The van der Waals surface area contributed by atoms with E-state index in [4.69, 9.17) is 4.74 Å². The largest absolute Gasteiger partial charge is 0.494 e. The number of fused-ring (bicyclic) bond motifs is 1. The Morgan fingerprint density at radius 1 is 1.20 bits per heavy atom. The van der Waals surface area contributed by atoms with Crippen molar-refractivity contribution in [2.24, 2.45) is 0 Å². The molecule has 30 heavy (non-hydrogen) atoms. The lowest BCUT2D eigenvalue weighted by atomic mass is 9.99. The van der Waals surface area contributed by atoms with Gasteiger partial charge in [-0.05, 0) is 24.6 Å². The number of piperazine rings is 1. The van der Waals surface area contributed by atoms with Gasteiger partial charge in [-0.2, -0.15) is 4.68 Å². The first-order valence-electron chi connectivity index (χ1n) is 10.4. The van der Waals surface area contributed by atoms with Crippen molar-refractivity contribution in [3.63, 3.8) is 0 Å². The Morgan fingerprint density at radius 3 is 2.47 bits per heavy atom. The number of amides is 1. The minimum atomic E-state index is -0.326. The third kappa shape index (κ3) is 3.96. The summed E-state index contributed by atoms with van der Waals surface area (Å²) in [7, 11) is 0. The van der Waals surface area contributed by atoms with Gasteiger partial charge < -0.3 is 9.64 Å². The van der Waals surface area contributed by atoms with E-state index in [0.29, 0.717) is 37.1 Å². The molecule has 1 aromatic heterocycles. The third-order valence-electron chi connectivity index (χ3n) is 5.59. The van der Waals surface area contributed by atoms with Crippen molar-refractivity contribution in [3.8, 4) is 5.75 Å². The number of aromatic nitrogens is 3. The Kier molecular flexibility index (Phi) is 6.10. The van der Waals surface area contributed by atoms with Gasteiger partial charge in [-0.15, -0.1) is 5.10 Å². The normalized spacial score (nSPS) is 20.3. The van der Waals surface area contributed by atoms with Crippen molar-refractivity contribution in [2.45, 2.75) is 43.6 Å². The van der Waals surface area contributed by atoms with Crippen LogP contribution in [0.15, 0.2) is 29.4 Å². The van der Waals surface area contributed by atoms with Gasteiger partial charge in [0.1, 0.15) is 11.0 Å². The fourth-order valence-corrected chi connectivity index (χ4v) is 5.29. The SMILES string of the molecule is CCOc1ccc(C(C2Sc3nc(CC)nn3C2=O)N2CCN(C(C)=O)CC2)cc1. The summed E-state index contributed by atoms with van der Waals surface area (Å²) in [5.41, 5.74) is 1.06. The summed E-state index contributed by atoms with van der Waals surface area (Å²) in [5, 5.41) is 4.72. The molecule has 2 aliphatic rings. The summed E-state index contributed by atoms with van der Waals surface area (Å²) < 4.78 is 7.04. The van der Waals surface area contributed by atoms with Gasteiger partial charge in [0, 0.05) is 39.5 Å². The van der Waals surface area contributed by atoms with Gasteiger partial charge in [0.05, 0.1) is 12.6 Å². The van der Waals surface area contributed by atoms with E-state index >= 15 is 0 Å². The quantitative estimate of drug-likeness (QED) is 0.697. The van der Waals surface area contributed by atoms with E-state index in [-0.39, 0.29) is 23.1 Å². The summed E-state index contributed by atoms with van der Waals surface area (Å²) in [4.78, 5) is 33.7. The maximum atomic E-state index is 13.2.